The van der Waals surface area contributed by atoms with Crippen LogP contribution < -0.4 is 10.0 Å². The summed E-state index contributed by atoms with van der Waals surface area (Å²) in [5.41, 5.74) is 0. The summed E-state index contributed by atoms with van der Waals surface area (Å²) in [6.45, 7) is 8.69. The van der Waals surface area contributed by atoms with Gasteiger partial charge >= 0.3 is 0 Å². The van der Waals surface area contributed by atoms with Crippen LogP contribution in [0.4, 0.5) is 0 Å². The Labute approximate surface area is 174 Å². The number of hydrogen-bond donors (Lipinski definition) is 2. The highest BCUT2D eigenvalue weighted by molar-refractivity contribution is 7.89. The van der Waals surface area contributed by atoms with Crippen molar-refractivity contribution in [2.75, 3.05) is 13.1 Å². The third kappa shape index (κ3) is 6.82. The summed E-state index contributed by atoms with van der Waals surface area (Å²) >= 11 is 0. The molecule has 1 fully saturated rings. The molecule has 1 unspecified atom stereocenters. The standard InChI is InChI=1S/C21H33N3O4S/c1-15(2)14-19(25)22-20(16(3)4)21(26)24-12-10-17(11-13-24)23-29(27,28)18-8-6-5-7-9-18/h5-9,15-17,20,23H,10-14H2,1-4H3,(H,22,25). The van der Waals surface area contributed by atoms with Crippen LogP contribution in [0, 0.1) is 11.8 Å². The molecule has 7 nitrogen and oxygen atoms in total. The number of nitrogens with zero attached hydrogens (tertiary/aromatic N) is 1. The molecule has 2 rings (SSSR count). The minimum absolute atomic E-state index is 0.0204. The van der Waals surface area contributed by atoms with Crippen molar-refractivity contribution in [3.05, 3.63) is 30.3 Å². The molecule has 162 valence electrons. The van der Waals surface area contributed by atoms with E-state index < -0.39 is 16.1 Å². The zero-order chi connectivity index (χ0) is 21.6. The van der Waals surface area contributed by atoms with Crippen molar-refractivity contribution < 1.29 is 18.0 Å². The van der Waals surface area contributed by atoms with Crippen LogP contribution in [0.3, 0.4) is 0 Å². The van der Waals surface area contributed by atoms with Crippen LogP contribution in [0.15, 0.2) is 35.2 Å². The summed E-state index contributed by atoms with van der Waals surface area (Å²) in [7, 11) is -3.57. The Morgan fingerprint density at radius 2 is 1.66 bits per heavy atom. The average molecular weight is 424 g/mol. The molecule has 2 amide bonds. The molecule has 0 saturated carbocycles. The van der Waals surface area contributed by atoms with Gasteiger partial charge in [-0.2, -0.15) is 0 Å². The number of nitrogens with one attached hydrogen (secondary N) is 2. The maximum atomic E-state index is 12.9. The van der Waals surface area contributed by atoms with E-state index in [9.17, 15) is 18.0 Å². The van der Waals surface area contributed by atoms with Crippen LogP contribution in [0.1, 0.15) is 47.0 Å². The molecule has 1 aliphatic rings. The summed E-state index contributed by atoms with van der Waals surface area (Å²) in [6.07, 6.45) is 1.48. The van der Waals surface area contributed by atoms with E-state index in [1.54, 1.807) is 35.2 Å². The summed E-state index contributed by atoms with van der Waals surface area (Å²) in [5.74, 6) is -0.00162. The summed E-state index contributed by atoms with van der Waals surface area (Å²) < 4.78 is 27.7. The lowest BCUT2D eigenvalue weighted by atomic mass is 9.99. The third-order valence-electron chi connectivity index (χ3n) is 5.02. The molecular weight excluding hydrogens is 390 g/mol. The number of carbonyl (C=O) groups excluding carboxylic acids is 2. The molecule has 0 radical (unpaired) electrons. The first-order valence-corrected chi connectivity index (χ1v) is 11.7. The molecular formula is C21H33N3O4S. The Balaban J connectivity index is 1.93. The number of benzene rings is 1. The predicted octanol–water partition coefficient (Wildman–Crippen LogP) is 2.14. The SMILES string of the molecule is CC(C)CC(=O)NC(C(=O)N1CCC(NS(=O)(=O)c2ccccc2)CC1)C(C)C. The average Bonchev–Trinajstić information content (AvgIpc) is 2.66. The van der Waals surface area contributed by atoms with E-state index in [2.05, 4.69) is 10.0 Å². The molecule has 1 saturated heterocycles. The van der Waals surface area contributed by atoms with Gasteiger partial charge in [0.1, 0.15) is 6.04 Å². The van der Waals surface area contributed by atoms with Crippen molar-refractivity contribution in [1.29, 1.82) is 0 Å². The number of sulfonamides is 1. The Morgan fingerprint density at radius 1 is 1.07 bits per heavy atom. The van der Waals surface area contributed by atoms with E-state index in [1.165, 1.54) is 0 Å². The Morgan fingerprint density at radius 3 is 2.17 bits per heavy atom. The first-order valence-electron chi connectivity index (χ1n) is 10.3. The van der Waals surface area contributed by atoms with Gasteiger partial charge in [-0.25, -0.2) is 13.1 Å². The largest absolute Gasteiger partial charge is 0.344 e. The second-order valence-corrected chi connectivity index (χ2v) is 10.1. The van der Waals surface area contributed by atoms with Crippen LogP contribution in [-0.4, -0.2) is 50.3 Å². The van der Waals surface area contributed by atoms with Crippen molar-refractivity contribution in [3.63, 3.8) is 0 Å². The lowest BCUT2D eigenvalue weighted by Crippen LogP contribution is -2.54. The summed E-state index contributed by atoms with van der Waals surface area (Å²) in [5, 5.41) is 2.87. The van der Waals surface area contributed by atoms with Crippen LogP contribution in [0.25, 0.3) is 0 Å². The van der Waals surface area contributed by atoms with Gasteiger partial charge in [0.25, 0.3) is 0 Å². The molecule has 2 N–H and O–H groups in total. The molecule has 1 aromatic carbocycles. The van der Waals surface area contributed by atoms with Gasteiger partial charge in [0, 0.05) is 25.6 Å². The molecule has 1 heterocycles. The van der Waals surface area contributed by atoms with Gasteiger partial charge in [-0.05, 0) is 36.8 Å². The number of piperidine rings is 1. The normalized spacial score (nSPS) is 16.8. The third-order valence-corrected chi connectivity index (χ3v) is 6.56. The van der Waals surface area contributed by atoms with Crippen molar-refractivity contribution in [3.8, 4) is 0 Å². The molecule has 0 aliphatic carbocycles. The minimum atomic E-state index is -3.57. The van der Waals surface area contributed by atoms with Gasteiger partial charge in [0.2, 0.25) is 21.8 Å². The lowest BCUT2D eigenvalue weighted by Gasteiger charge is -2.35. The van der Waals surface area contributed by atoms with Crippen molar-refractivity contribution in [1.82, 2.24) is 14.9 Å². The monoisotopic (exact) mass is 423 g/mol. The van der Waals surface area contributed by atoms with Crippen LogP contribution in [-0.2, 0) is 19.6 Å². The second-order valence-electron chi connectivity index (χ2n) is 8.42. The summed E-state index contributed by atoms with van der Waals surface area (Å²) in [4.78, 5) is 27.1. The number of likely N-dealkylation sites (tertiary alicyclic amines) is 1. The zero-order valence-corrected chi connectivity index (χ0v) is 18.5. The second kappa shape index (κ2) is 10.2. The van der Waals surface area contributed by atoms with Gasteiger partial charge in [0.15, 0.2) is 0 Å². The maximum Gasteiger partial charge on any atom is 0.245 e. The van der Waals surface area contributed by atoms with E-state index >= 15 is 0 Å². The molecule has 29 heavy (non-hydrogen) atoms. The first kappa shape index (κ1) is 23.3. The fourth-order valence-electron chi connectivity index (χ4n) is 3.42. The maximum absolute atomic E-state index is 12.9. The quantitative estimate of drug-likeness (QED) is 0.670. The highest BCUT2D eigenvalue weighted by Gasteiger charge is 2.32. The van der Waals surface area contributed by atoms with Crippen LogP contribution in [0.2, 0.25) is 0 Å². The van der Waals surface area contributed by atoms with Crippen molar-refractivity contribution in [2.24, 2.45) is 11.8 Å². The van der Waals surface area contributed by atoms with Gasteiger partial charge in [0.05, 0.1) is 4.90 Å². The van der Waals surface area contributed by atoms with Crippen LogP contribution >= 0.6 is 0 Å². The van der Waals surface area contributed by atoms with E-state index in [0.717, 1.165) is 0 Å². The molecule has 1 atom stereocenters. The summed E-state index contributed by atoms with van der Waals surface area (Å²) in [6, 6.07) is 7.51. The highest BCUT2D eigenvalue weighted by Crippen LogP contribution is 2.17. The number of amides is 2. The number of rotatable bonds is 8. The minimum Gasteiger partial charge on any atom is -0.344 e. The van der Waals surface area contributed by atoms with E-state index in [4.69, 9.17) is 0 Å². The van der Waals surface area contributed by atoms with Gasteiger partial charge in [-0.15, -0.1) is 0 Å². The fraction of sp³-hybridized carbons (Fsp3) is 0.619. The Kier molecular flexibility index (Phi) is 8.22. The topological polar surface area (TPSA) is 95.6 Å². The van der Waals surface area contributed by atoms with Crippen molar-refractivity contribution in [2.45, 2.75) is 63.9 Å². The van der Waals surface area contributed by atoms with Crippen LogP contribution in [0.5, 0.6) is 0 Å². The first-order chi connectivity index (χ1) is 13.6. The van der Waals surface area contributed by atoms with E-state index in [0.29, 0.717) is 32.4 Å². The van der Waals surface area contributed by atoms with Gasteiger partial charge < -0.3 is 10.2 Å². The Hall–Kier alpha value is -1.93. The smallest absolute Gasteiger partial charge is 0.245 e. The highest BCUT2D eigenvalue weighted by atomic mass is 32.2. The van der Waals surface area contributed by atoms with Gasteiger partial charge in [-0.1, -0.05) is 45.9 Å². The lowest BCUT2D eigenvalue weighted by molar-refractivity contribution is -0.138. The predicted molar refractivity (Wildman–Crippen MR) is 113 cm³/mol. The number of carbonyl (C=O) groups is 2. The molecule has 0 bridgehead atoms. The molecule has 1 aromatic rings. The fourth-order valence-corrected chi connectivity index (χ4v) is 4.74. The van der Waals surface area contributed by atoms with Crippen molar-refractivity contribution >= 4 is 21.8 Å². The van der Waals surface area contributed by atoms with E-state index in [-0.39, 0.29) is 34.6 Å². The van der Waals surface area contributed by atoms with Gasteiger partial charge in [-0.3, -0.25) is 9.59 Å². The number of hydrogen-bond acceptors (Lipinski definition) is 4. The Bertz CT molecular complexity index is 785. The zero-order valence-electron chi connectivity index (χ0n) is 17.7. The molecule has 8 heteroatoms. The molecule has 0 spiro atoms. The molecule has 1 aliphatic heterocycles. The van der Waals surface area contributed by atoms with E-state index in [1.807, 2.05) is 27.7 Å². The molecule has 0 aromatic heterocycles.